The smallest absolute Gasteiger partial charge is 0.253 e. The first kappa shape index (κ1) is 24.9. The number of hydrogen-bond acceptors (Lipinski definition) is 9. The predicted molar refractivity (Wildman–Crippen MR) is 152 cm³/mol. The van der Waals surface area contributed by atoms with Crippen molar-refractivity contribution in [2.24, 2.45) is 5.41 Å². The van der Waals surface area contributed by atoms with Crippen molar-refractivity contribution in [3.8, 4) is 0 Å². The molecule has 3 aliphatic rings. The minimum atomic E-state index is 0.159. The van der Waals surface area contributed by atoms with Gasteiger partial charge in [-0.25, -0.2) is 15.0 Å². The SMILES string of the molecule is CSc1cnc(N[C@H]2CC[C@H](Nc3nc4ccc(C(=O)N5CCCC6(CCCNC6)C5)cc4s3)C2)nc1. The number of nitrogens with one attached hydrogen (secondary N) is 3. The molecule has 3 atom stereocenters. The molecule has 4 heterocycles. The fraction of sp³-hybridized carbons (Fsp3) is 0.556. The van der Waals surface area contributed by atoms with Crippen LogP contribution in [0.2, 0.25) is 0 Å². The van der Waals surface area contributed by atoms with Crippen LogP contribution in [0.4, 0.5) is 11.1 Å². The molecule has 8 nitrogen and oxygen atoms in total. The van der Waals surface area contributed by atoms with E-state index in [9.17, 15) is 4.79 Å². The molecule has 0 bridgehead atoms. The van der Waals surface area contributed by atoms with Crippen LogP contribution >= 0.6 is 23.1 Å². The number of anilines is 2. The van der Waals surface area contributed by atoms with Gasteiger partial charge in [0.25, 0.3) is 5.91 Å². The Labute approximate surface area is 226 Å². The number of nitrogens with zero attached hydrogens (tertiary/aromatic N) is 4. The Morgan fingerprint density at radius 2 is 1.97 bits per heavy atom. The Morgan fingerprint density at radius 1 is 1.16 bits per heavy atom. The van der Waals surface area contributed by atoms with Crippen LogP contribution < -0.4 is 16.0 Å². The highest BCUT2D eigenvalue weighted by molar-refractivity contribution is 7.98. The summed E-state index contributed by atoms with van der Waals surface area (Å²) in [5.74, 6) is 0.854. The summed E-state index contributed by atoms with van der Waals surface area (Å²) in [5, 5.41) is 11.6. The highest BCUT2D eigenvalue weighted by Gasteiger charge is 2.38. The van der Waals surface area contributed by atoms with E-state index in [2.05, 4.69) is 30.8 Å². The van der Waals surface area contributed by atoms with Gasteiger partial charge in [0, 0.05) is 60.0 Å². The van der Waals surface area contributed by atoms with Crippen molar-refractivity contribution in [1.29, 1.82) is 0 Å². The largest absolute Gasteiger partial charge is 0.359 e. The second-order valence-corrected chi connectivity index (χ2v) is 12.7. The van der Waals surface area contributed by atoms with Crippen LogP contribution in [0.3, 0.4) is 0 Å². The number of carbonyl (C=O) groups is 1. The van der Waals surface area contributed by atoms with Gasteiger partial charge in [-0.1, -0.05) is 11.3 Å². The number of rotatable bonds is 6. The number of aromatic nitrogens is 3. The second kappa shape index (κ2) is 10.7. The zero-order valence-corrected chi connectivity index (χ0v) is 23.0. The van der Waals surface area contributed by atoms with E-state index in [-0.39, 0.29) is 11.3 Å². The monoisotopic (exact) mass is 537 g/mol. The van der Waals surface area contributed by atoms with Crippen LogP contribution in [0, 0.1) is 5.41 Å². The maximum atomic E-state index is 13.4. The van der Waals surface area contributed by atoms with Crippen LogP contribution in [-0.2, 0) is 0 Å². The summed E-state index contributed by atoms with van der Waals surface area (Å²) >= 11 is 3.29. The van der Waals surface area contributed by atoms with Crippen molar-refractivity contribution in [3.63, 3.8) is 0 Å². The fourth-order valence-corrected chi connectivity index (χ4v) is 7.46. The molecule has 1 unspecified atom stereocenters. The zero-order chi connectivity index (χ0) is 25.2. The maximum absolute atomic E-state index is 13.4. The summed E-state index contributed by atoms with van der Waals surface area (Å²) in [7, 11) is 0. The predicted octanol–water partition coefficient (Wildman–Crippen LogP) is 4.86. The Hall–Kier alpha value is -2.43. The lowest BCUT2D eigenvalue weighted by molar-refractivity contribution is 0.0434. The van der Waals surface area contributed by atoms with Crippen molar-refractivity contribution < 1.29 is 4.79 Å². The van der Waals surface area contributed by atoms with E-state index in [4.69, 9.17) is 4.98 Å². The number of carbonyl (C=O) groups excluding carboxylic acids is 1. The average Bonchev–Trinajstić information content (AvgIpc) is 3.54. The van der Waals surface area contributed by atoms with Crippen molar-refractivity contribution in [3.05, 3.63) is 36.2 Å². The van der Waals surface area contributed by atoms with Gasteiger partial charge in [-0.2, -0.15) is 0 Å². The third-order valence-electron chi connectivity index (χ3n) is 8.10. The first-order valence-corrected chi connectivity index (χ1v) is 15.4. The van der Waals surface area contributed by atoms with Gasteiger partial charge in [0.2, 0.25) is 5.95 Å². The quantitative estimate of drug-likeness (QED) is 0.384. The summed E-state index contributed by atoms with van der Waals surface area (Å²) in [6.07, 6.45) is 13.6. The Bertz CT molecular complexity index is 1240. The number of piperidine rings is 2. The third kappa shape index (κ3) is 5.56. The number of hydrogen-bond donors (Lipinski definition) is 3. The van der Waals surface area contributed by atoms with Gasteiger partial charge >= 0.3 is 0 Å². The maximum Gasteiger partial charge on any atom is 0.253 e. The molecule has 2 aliphatic heterocycles. The lowest BCUT2D eigenvalue weighted by Gasteiger charge is -2.45. The molecule has 2 aromatic heterocycles. The molecular weight excluding hydrogens is 502 g/mol. The number of amides is 1. The number of likely N-dealkylation sites (tertiary alicyclic amines) is 1. The molecule has 10 heteroatoms. The molecule has 196 valence electrons. The highest BCUT2D eigenvalue weighted by Crippen LogP contribution is 2.37. The second-order valence-electron chi connectivity index (χ2n) is 10.8. The van der Waals surface area contributed by atoms with Crippen LogP contribution in [0.5, 0.6) is 0 Å². The molecule has 2 saturated heterocycles. The van der Waals surface area contributed by atoms with Crippen molar-refractivity contribution in [2.75, 3.05) is 43.1 Å². The first-order valence-electron chi connectivity index (χ1n) is 13.4. The van der Waals surface area contributed by atoms with E-state index in [1.54, 1.807) is 23.1 Å². The lowest BCUT2D eigenvalue weighted by Crippen LogP contribution is -2.52. The average molecular weight is 538 g/mol. The van der Waals surface area contributed by atoms with Gasteiger partial charge in [-0.15, -0.1) is 11.8 Å². The first-order chi connectivity index (χ1) is 18.1. The molecule has 1 saturated carbocycles. The Balaban J connectivity index is 1.08. The number of fused-ring (bicyclic) bond motifs is 1. The molecule has 1 spiro atoms. The van der Waals surface area contributed by atoms with Gasteiger partial charge in [0.05, 0.1) is 10.2 Å². The summed E-state index contributed by atoms with van der Waals surface area (Å²) in [6.45, 7) is 3.87. The number of benzene rings is 1. The zero-order valence-electron chi connectivity index (χ0n) is 21.3. The normalized spacial score (nSPS) is 26.0. The third-order valence-corrected chi connectivity index (χ3v) is 9.73. The number of thioether (sulfide) groups is 1. The summed E-state index contributed by atoms with van der Waals surface area (Å²) < 4.78 is 1.06. The molecule has 1 aliphatic carbocycles. The molecule has 3 fully saturated rings. The van der Waals surface area contributed by atoms with Gasteiger partial charge < -0.3 is 20.9 Å². The molecule has 37 heavy (non-hydrogen) atoms. The van der Waals surface area contributed by atoms with Gasteiger partial charge in [0.15, 0.2) is 5.13 Å². The summed E-state index contributed by atoms with van der Waals surface area (Å²) in [6, 6.07) is 6.70. The van der Waals surface area contributed by atoms with E-state index < -0.39 is 0 Å². The Kier molecular flexibility index (Phi) is 7.23. The van der Waals surface area contributed by atoms with E-state index in [0.29, 0.717) is 18.0 Å². The van der Waals surface area contributed by atoms with E-state index >= 15 is 0 Å². The summed E-state index contributed by atoms with van der Waals surface area (Å²) in [5.41, 5.74) is 1.99. The van der Waals surface area contributed by atoms with Crippen molar-refractivity contribution in [1.82, 2.24) is 25.2 Å². The molecule has 3 N–H and O–H groups in total. The molecular formula is C27H35N7OS2. The standard InChI is InChI=1S/C27H35N7OS2/c1-36-21-14-29-25(30-15-21)31-19-5-6-20(13-19)32-26-33-22-7-4-18(12-23(22)37-26)24(35)34-11-3-9-27(17-34)8-2-10-28-16-27/h4,7,12,14-15,19-20,28H,2-3,5-6,8-11,13,16-17H2,1H3,(H,32,33)(H,29,30,31)/t19-,20-,27?/m0/s1. The van der Waals surface area contributed by atoms with Crippen molar-refractivity contribution >= 4 is 50.3 Å². The number of thiazole rings is 1. The van der Waals surface area contributed by atoms with E-state index in [1.165, 1.54) is 19.3 Å². The van der Waals surface area contributed by atoms with Crippen LogP contribution in [0.25, 0.3) is 10.2 Å². The molecule has 1 amide bonds. The molecule has 0 radical (unpaired) electrons. The fourth-order valence-electron chi connectivity index (χ4n) is 6.16. The minimum absolute atomic E-state index is 0.159. The summed E-state index contributed by atoms with van der Waals surface area (Å²) in [4.78, 5) is 30.2. The Morgan fingerprint density at radius 3 is 2.76 bits per heavy atom. The highest BCUT2D eigenvalue weighted by atomic mass is 32.2. The molecule has 6 rings (SSSR count). The topological polar surface area (TPSA) is 95.1 Å². The lowest BCUT2D eigenvalue weighted by atomic mass is 9.74. The van der Waals surface area contributed by atoms with Crippen LogP contribution in [0.1, 0.15) is 55.3 Å². The molecule has 1 aromatic carbocycles. The van der Waals surface area contributed by atoms with Gasteiger partial charge in [0.1, 0.15) is 0 Å². The van der Waals surface area contributed by atoms with E-state index in [1.807, 2.05) is 36.8 Å². The van der Waals surface area contributed by atoms with Gasteiger partial charge in [-0.3, -0.25) is 4.79 Å². The van der Waals surface area contributed by atoms with E-state index in [0.717, 1.165) is 77.7 Å². The minimum Gasteiger partial charge on any atom is -0.359 e. The van der Waals surface area contributed by atoms with Crippen molar-refractivity contribution in [2.45, 2.75) is 61.9 Å². The van der Waals surface area contributed by atoms with Gasteiger partial charge in [-0.05, 0) is 75.9 Å². The molecule has 3 aromatic rings. The van der Waals surface area contributed by atoms with Crippen LogP contribution in [-0.4, -0.2) is 70.3 Å². The van der Waals surface area contributed by atoms with Crippen LogP contribution in [0.15, 0.2) is 35.5 Å².